The summed E-state index contributed by atoms with van der Waals surface area (Å²) in [4.78, 5) is 12.8. The largest absolute Gasteiger partial charge is 0.475 e. The van der Waals surface area contributed by atoms with Crippen LogP contribution in [0.3, 0.4) is 0 Å². The molecule has 0 fully saturated rings. The maximum atomic E-state index is 11.2. The van der Waals surface area contributed by atoms with E-state index in [-0.39, 0.29) is 25.4 Å². The number of carboxylic acids is 1. The van der Waals surface area contributed by atoms with Crippen LogP contribution in [-0.4, -0.2) is 29.1 Å². The molecule has 0 spiro atoms. The average Bonchev–Trinajstić information content (AvgIpc) is 2.79. The Morgan fingerprint density at radius 1 is 1.25 bits per heavy atom. The van der Waals surface area contributed by atoms with E-state index in [0.717, 1.165) is 0 Å². The Morgan fingerprint density at radius 2 is 1.90 bits per heavy atom. The number of rotatable bonds is 5. The summed E-state index contributed by atoms with van der Waals surface area (Å²) in [5, 5.41) is 27.4. The molecule has 0 bridgehead atoms. The first-order valence-corrected chi connectivity index (χ1v) is 5.87. The minimum Gasteiger partial charge on any atom is -0.475 e. The van der Waals surface area contributed by atoms with Gasteiger partial charge < -0.3 is 9.52 Å². The highest BCUT2D eigenvalue weighted by atomic mass is 16.4. The molecule has 2 aromatic rings. The van der Waals surface area contributed by atoms with E-state index in [9.17, 15) is 9.90 Å². The van der Waals surface area contributed by atoms with Crippen LogP contribution in [0.25, 0.3) is 11.0 Å². The molecule has 1 heterocycles. The normalized spacial score (nSPS) is 10.3. The van der Waals surface area contributed by atoms with Crippen molar-refractivity contribution in [3.05, 3.63) is 35.6 Å². The number of carbonyl (C=O) groups is 1. The minimum atomic E-state index is -1.16. The van der Waals surface area contributed by atoms with Gasteiger partial charge in [0.1, 0.15) is 5.58 Å². The lowest BCUT2D eigenvalue weighted by Crippen LogP contribution is -2.24. The Hall–Kier alpha value is -2.83. The maximum Gasteiger partial charge on any atom is 0.372 e. The summed E-state index contributed by atoms with van der Waals surface area (Å²) in [6.07, 6.45) is 0. The van der Waals surface area contributed by atoms with Crippen LogP contribution in [0.4, 0.5) is 0 Å². The van der Waals surface area contributed by atoms with Crippen LogP contribution in [0.1, 0.15) is 16.1 Å². The molecule has 20 heavy (non-hydrogen) atoms. The van der Waals surface area contributed by atoms with Crippen molar-refractivity contribution >= 4 is 16.9 Å². The lowest BCUT2D eigenvalue weighted by atomic mass is 10.1. The topological polar surface area (TPSA) is 101 Å². The predicted octanol–water partition coefficient (Wildman–Crippen LogP) is 1.98. The van der Waals surface area contributed by atoms with Gasteiger partial charge in [0.25, 0.3) is 0 Å². The first-order valence-electron chi connectivity index (χ1n) is 5.87. The molecule has 0 atom stereocenters. The second-order valence-corrected chi connectivity index (χ2v) is 4.17. The third kappa shape index (κ3) is 2.61. The highest BCUT2D eigenvalue weighted by molar-refractivity contribution is 5.95. The van der Waals surface area contributed by atoms with Crippen molar-refractivity contribution in [1.82, 2.24) is 4.90 Å². The number of furan rings is 1. The van der Waals surface area contributed by atoms with Gasteiger partial charge in [-0.2, -0.15) is 10.5 Å². The molecule has 0 amide bonds. The van der Waals surface area contributed by atoms with Crippen LogP contribution in [0.15, 0.2) is 28.7 Å². The van der Waals surface area contributed by atoms with E-state index in [1.54, 1.807) is 29.2 Å². The zero-order chi connectivity index (χ0) is 14.5. The Morgan fingerprint density at radius 3 is 2.50 bits per heavy atom. The molecule has 100 valence electrons. The van der Waals surface area contributed by atoms with Gasteiger partial charge in [0.15, 0.2) is 0 Å². The zero-order valence-corrected chi connectivity index (χ0v) is 10.5. The molecule has 0 radical (unpaired) electrons. The summed E-state index contributed by atoms with van der Waals surface area (Å²) in [7, 11) is 0. The zero-order valence-electron chi connectivity index (χ0n) is 10.5. The third-order valence-corrected chi connectivity index (χ3v) is 2.86. The first kappa shape index (κ1) is 13.6. The smallest absolute Gasteiger partial charge is 0.372 e. The molecule has 0 saturated heterocycles. The molecule has 6 heteroatoms. The van der Waals surface area contributed by atoms with Crippen molar-refractivity contribution in [3.63, 3.8) is 0 Å². The first-order chi connectivity index (χ1) is 9.67. The van der Waals surface area contributed by atoms with Crippen molar-refractivity contribution in [2.24, 2.45) is 0 Å². The Bertz CT molecular complexity index is 705. The summed E-state index contributed by atoms with van der Waals surface area (Å²) in [5.41, 5.74) is 0.965. The standard InChI is InChI=1S/C14H11N3O3/c15-5-7-17(8-6-16)9-11-10-3-1-2-4-12(10)20-13(11)14(18)19/h1-4H,7-9H2,(H,18,19). The van der Waals surface area contributed by atoms with Crippen LogP contribution in [0.5, 0.6) is 0 Å². The molecule has 6 nitrogen and oxygen atoms in total. The summed E-state index contributed by atoms with van der Waals surface area (Å²) >= 11 is 0. The lowest BCUT2D eigenvalue weighted by Gasteiger charge is -2.14. The fourth-order valence-corrected chi connectivity index (χ4v) is 2.02. The van der Waals surface area contributed by atoms with Crippen molar-refractivity contribution in [2.75, 3.05) is 13.1 Å². The number of para-hydroxylation sites is 1. The molecule has 2 rings (SSSR count). The van der Waals surface area contributed by atoms with Crippen molar-refractivity contribution < 1.29 is 14.3 Å². The monoisotopic (exact) mass is 269 g/mol. The number of nitriles is 2. The van der Waals surface area contributed by atoms with Gasteiger partial charge in [0.05, 0.1) is 25.2 Å². The van der Waals surface area contributed by atoms with E-state index in [1.807, 2.05) is 12.1 Å². The van der Waals surface area contributed by atoms with Gasteiger partial charge in [0, 0.05) is 17.5 Å². The van der Waals surface area contributed by atoms with Crippen LogP contribution < -0.4 is 0 Å². The highest BCUT2D eigenvalue weighted by Crippen LogP contribution is 2.27. The second kappa shape index (κ2) is 5.87. The Labute approximate surface area is 115 Å². The molecule has 0 unspecified atom stereocenters. The molecule has 0 aliphatic carbocycles. The summed E-state index contributed by atoms with van der Waals surface area (Å²) < 4.78 is 5.33. The van der Waals surface area contributed by atoms with Gasteiger partial charge >= 0.3 is 5.97 Å². The molecule has 1 aromatic carbocycles. The molecule has 1 aromatic heterocycles. The number of hydrogen-bond acceptors (Lipinski definition) is 5. The summed E-state index contributed by atoms with van der Waals surface area (Å²) in [6, 6.07) is 10.9. The minimum absolute atomic E-state index is 0.0477. The van der Waals surface area contributed by atoms with E-state index >= 15 is 0 Å². The number of nitrogens with zero attached hydrogens (tertiary/aromatic N) is 3. The summed E-state index contributed by atoms with van der Waals surface area (Å²) in [5.74, 6) is -1.31. The molecular formula is C14H11N3O3. The second-order valence-electron chi connectivity index (χ2n) is 4.17. The van der Waals surface area contributed by atoms with Crippen molar-refractivity contribution in [2.45, 2.75) is 6.54 Å². The number of benzene rings is 1. The van der Waals surface area contributed by atoms with E-state index in [4.69, 9.17) is 14.9 Å². The van der Waals surface area contributed by atoms with Crippen LogP contribution in [0.2, 0.25) is 0 Å². The van der Waals surface area contributed by atoms with Gasteiger partial charge in [-0.25, -0.2) is 4.79 Å². The number of carboxylic acid groups (broad SMARTS) is 1. The maximum absolute atomic E-state index is 11.2. The Balaban J connectivity index is 2.46. The quantitative estimate of drug-likeness (QED) is 0.833. The van der Waals surface area contributed by atoms with Crippen LogP contribution in [0, 0.1) is 22.7 Å². The van der Waals surface area contributed by atoms with E-state index in [1.165, 1.54) is 0 Å². The van der Waals surface area contributed by atoms with E-state index in [2.05, 4.69) is 0 Å². The highest BCUT2D eigenvalue weighted by Gasteiger charge is 2.21. The average molecular weight is 269 g/mol. The van der Waals surface area contributed by atoms with E-state index in [0.29, 0.717) is 16.5 Å². The molecule has 0 saturated carbocycles. The van der Waals surface area contributed by atoms with Gasteiger partial charge in [-0.1, -0.05) is 18.2 Å². The summed E-state index contributed by atoms with van der Waals surface area (Å²) in [6.45, 7) is 0.276. The van der Waals surface area contributed by atoms with Crippen LogP contribution >= 0.6 is 0 Å². The van der Waals surface area contributed by atoms with Crippen molar-refractivity contribution in [3.8, 4) is 12.1 Å². The SMILES string of the molecule is N#CCN(CC#N)Cc1c(C(=O)O)oc2ccccc12. The van der Waals surface area contributed by atoms with Crippen molar-refractivity contribution in [1.29, 1.82) is 10.5 Å². The molecule has 0 aliphatic rings. The van der Waals surface area contributed by atoms with Gasteiger partial charge in [-0.15, -0.1) is 0 Å². The number of hydrogen-bond donors (Lipinski definition) is 1. The molecule has 0 aliphatic heterocycles. The molecule has 1 N–H and O–H groups in total. The fourth-order valence-electron chi connectivity index (χ4n) is 2.02. The Kier molecular flexibility index (Phi) is 3.99. The van der Waals surface area contributed by atoms with Gasteiger partial charge in [-0.3, -0.25) is 4.90 Å². The van der Waals surface area contributed by atoms with Gasteiger partial charge in [-0.05, 0) is 6.07 Å². The number of aromatic carboxylic acids is 1. The fraction of sp³-hybridized carbons (Fsp3) is 0.214. The third-order valence-electron chi connectivity index (χ3n) is 2.86. The number of fused-ring (bicyclic) bond motifs is 1. The van der Waals surface area contributed by atoms with Gasteiger partial charge in [0.2, 0.25) is 5.76 Å². The predicted molar refractivity (Wildman–Crippen MR) is 69.7 cm³/mol. The van der Waals surface area contributed by atoms with Crippen LogP contribution in [-0.2, 0) is 6.54 Å². The molecular weight excluding hydrogens is 258 g/mol. The lowest BCUT2D eigenvalue weighted by molar-refractivity contribution is 0.0662. The van der Waals surface area contributed by atoms with E-state index < -0.39 is 5.97 Å².